The number of hydrogen-bond acceptors (Lipinski definition) is 10. The Morgan fingerprint density at radius 3 is 2.42 bits per heavy atom. The number of nitrogens with one attached hydrogen (secondary N) is 3. The predicted octanol–water partition coefficient (Wildman–Crippen LogP) is 3.62. The molecule has 0 aliphatic rings. The number of likely N-dealkylation sites (N-methyl/N-ethyl adjacent to an activating group) is 1. The summed E-state index contributed by atoms with van der Waals surface area (Å²) in [7, 11) is -1.55. The fraction of sp³-hybridized carbons (Fsp3) is 0.179. The number of sulfonamides is 1. The van der Waals surface area contributed by atoms with Gasteiger partial charge in [0.25, 0.3) is 15.9 Å². The van der Waals surface area contributed by atoms with E-state index < -0.39 is 51.4 Å². The highest BCUT2D eigenvalue weighted by molar-refractivity contribution is 7.92. The smallest absolute Gasteiger partial charge is 0.393 e. The molecule has 0 aliphatic heterocycles. The second-order valence-electron chi connectivity index (χ2n) is 9.49. The molecule has 1 amide bonds. The number of pyridine rings is 1. The fourth-order valence-corrected chi connectivity index (χ4v) is 5.51. The predicted molar refractivity (Wildman–Crippen MR) is 158 cm³/mol. The summed E-state index contributed by atoms with van der Waals surface area (Å²) < 4.78 is 81.9. The Balaban J connectivity index is 1.81. The highest BCUT2D eigenvalue weighted by Gasteiger charge is 2.31. The Morgan fingerprint density at radius 2 is 1.78 bits per heavy atom. The van der Waals surface area contributed by atoms with Crippen LogP contribution in [-0.2, 0) is 27.8 Å². The maximum absolute atomic E-state index is 14.4. The second kappa shape index (κ2) is 12.7. The zero-order chi connectivity index (χ0) is 33.1. The van der Waals surface area contributed by atoms with Crippen LogP contribution in [0.15, 0.2) is 65.8 Å². The number of aromatic nitrogens is 3. The van der Waals surface area contributed by atoms with Crippen molar-refractivity contribution in [2.45, 2.75) is 24.0 Å². The Morgan fingerprint density at radius 1 is 1.11 bits per heavy atom. The lowest BCUT2D eigenvalue weighted by Crippen LogP contribution is -2.30. The Kier molecular flexibility index (Phi) is 9.22. The molecule has 45 heavy (non-hydrogen) atoms. The number of nitrogens with zero attached hydrogens (tertiary/aromatic N) is 4. The molecule has 0 atom stereocenters. The number of halogens is 4. The van der Waals surface area contributed by atoms with Crippen molar-refractivity contribution in [3.8, 4) is 17.0 Å². The number of phenolic OH excluding ortho intramolecular Hbond substituents is 1. The molecule has 0 fully saturated rings. The first-order valence-electron chi connectivity index (χ1n) is 12.9. The van der Waals surface area contributed by atoms with Gasteiger partial charge in [-0.3, -0.25) is 19.5 Å². The van der Waals surface area contributed by atoms with Gasteiger partial charge in [-0.25, -0.2) is 22.8 Å². The van der Waals surface area contributed by atoms with Gasteiger partial charge in [0, 0.05) is 37.7 Å². The molecule has 17 heteroatoms. The average Bonchev–Trinajstić information content (AvgIpc) is 3.00. The lowest BCUT2D eigenvalue weighted by Gasteiger charge is -2.21. The molecule has 4 rings (SSSR count). The molecule has 2 heterocycles. The number of anilines is 3. The molecule has 0 saturated heterocycles. The number of benzene rings is 2. The van der Waals surface area contributed by atoms with Gasteiger partial charge in [-0.05, 0) is 35.9 Å². The summed E-state index contributed by atoms with van der Waals surface area (Å²) in [6.07, 6.45) is -3.72. The van der Waals surface area contributed by atoms with E-state index in [2.05, 4.69) is 25.6 Å². The first-order chi connectivity index (χ1) is 21.1. The molecular weight excluding hydrogens is 620 g/mol. The van der Waals surface area contributed by atoms with E-state index in [0.29, 0.717) is 12.1 Å². The van der Waals surface area contributed by atoms with Crippen molar-refractivity contribution in [3.63, 3.8) is 0 Å². The molecular formula is C28H26F4N8O4S. The largest absolute Gasteiger partial charge is 0.505 e. The molecule has 12 nitrogen and oxygen atoms in total. The van der Waals surface area contributed by atoms with E-state index in [1.54, 1.807) is 18.2 Å². The first kappa shape index (κ1) is 32.6. The molecule has 2 aromatic heterocycles. The van der Waals surface area contributed by atoms with E-state index >= 15 is 0 Å². The van der Waals surface area contributed by atoms with E-state index in [4.69, 9.17) is 11.1 Å². The van der Waals surface area contributed by atoms with Crippen LogP contribution in [0.5, 0.6) is 5.75 Å². The van der Waals surface area contributed by atoms with Crippen LogP contribution in [-0.4, -0.2) is 60.4 Å². The SMILES string of the molecule is CNC(=O)C(=N)c1c(N)cc(-c2cc(F)c(O)cc2CC(F)(F)F)nc1NCc1nccnc1N(C)S(=O)(=O)c1ccccc1. The van der Waals surface area contributed by atoms with Crippen molar-refractivity contribution in [3.05, 3.63) is 83.6 Å². The van der Waals surface area contributed by atoms with Crippen LogP contribution >= 0.6 is 0 Å². The lowest BCUT2D eigenvalue weighted by molar-refractivity contribution is -0.127. The summed E-state index contributed by atoms with van der Waals surface area (Å²) >= 11 is 0. The van der Waals surface area contributed by atoms with Crippen LogP contribution < -0.4 is 20.7 Å². The third kappa shape index (κ3) is 7.09. The van der Waals surface area contributed by atoms with Crippen molar-refractivity contribution < 1.29 is 35.9 Å². The molecule has 0 bridgehead atoms. The Hall–Kier alpha value is -5.32. The maximum Gasteiger partial charge on any atom is 0.393 e. The van der Waals surface area contributed by atoms with Crippen LogP contribution in [0.1, 0.15) is 16.8 Å². The summed E-state index contributed by atoms with van der Waals surface area (Å²) in [5.74, 6) is -3.47. The van der Waals surface area contributed by atoms with Crippen molar-refractivity contribution in [2.75, 3.05) is 29.5 Å². The van der Waals surface area contributed by atoms with Gasteiger partial charge in [-0.1, -0.05) is 18.2 Å². The number of nitrogen functional groups attached to an aromatic ring is 1. The van der Waals surface area contributed by atoms with E-state index in [9.17, 15) is 35.9 Å². The van der Waals surface area contributed by atoms with E-state index in [0.717, 1.165) is 10.4 Å². The van der Waals surface area contributed by atoms with E-state index in [-0.39, 0.29) is 51.3 Å². The van der Waals surface area contributed by atoms with Gasteiger partial charge in [-0.15, -0.1) is 0 Å². The number of carbonyl (C=O) groups excluding carboxylic acids is 1. The molecule has 0 unspecified atom stereocenters. The van der Waals surface area contributed by atoms with Gasteiger partial charge in [0.05, 0.1) is 29.1 Å². The van der Waals surface area contributed by atoms with Crippen LogP contribution in [0.4, 0.5) is 34.9 Å². The Labute approximate surface area is 254 Å². The molecule has 0 aliphatic carbocycles. The highest BCUT2D eigenvalue weighted by atomic mass is 32.2. The van der Waals surface area contributed by atoms with Gasteiger partial charge in [0.2, 0.25) is 0 Å². The first-order valence-corrected chi connectivity index (χ1v) is 14.4. The fourth-order valence-electron chi connectivity index (χ4n) is 4.32. The number of phenols is 1. The van der Waals surface area contributed by atoms with Gasteiger partial charge < -0.3 is 21.5 Å². The third-order valence-electron chi connectivity index (χ3n) is 6.47. The molecule has 0 saturated carbocycles. The van der Waals surface area contributed by atoms with Crippen LogP contribution in [0.25, 0.3) is 11.3 Å². The minimum absolute atomic E-state index is 0.0173. The third-order valence-corrected chi connectivity index (χ3v) is 8.23. The van der Waals surface area contributed by atoms with Gasteiger partial charge >= 0.3 is 6.18 Å². The number of alkyl halides is 3. The summed E-state index contributed by atoms with van der Waals surface area (Å²) in [5, 5.41) is 23.2. The van der Waals surface area contributed by atoms with Crippen molar-refractivity contribution >= 4 is 39.0 Å². The zero-order valence-corrected chi connectivity index (χ0v) is 24.5. The number of amides is 1. The average molecular weight is 647 g/mol. The summed E-state index contributed by atoms with van der Waals surface area (Å²) in [5.41, 5.74) is 3.93. The Bertz CT molecular complexity index is 1870. The minimum Gasteiger partial charge on any atom is -0.505 e. The molecule has 236 valence electrons. The standard InChI is InChI=1S/C28H26F4N8O4S/c1-35-27(42)24(34)23-19(33)12-20(17-11-18(29)22(41)10-15(17)13-28(30,31)32)39-25(23)38-14-21-26(37-9-8-36-21)40(2)45(43,44)16-6-4-3-5-7-16/h3-12,34,41H,13-14H2,1-2H3,(H,35,42)(H3,33,38,39). The van der Waals surface area contributed by atoms with Gasteiger partial charge in [0.1, 0.15) is 17.2 Å². The van der Waals surface area contributed by atoms with Crippen LogP contribution in [0, 0.1) is 11.2 Å². The quantitative estimate of drug-likeness (QED) is 0.127. The number of hydrogen-bond donors (Lipinski definition) is 5. The molecule has 4 aromatic rings. The second-order valence-corrected chi connectivity index (χ2v) is 11.5. The van der Waals surface area contributed by atoms with Gasteiger partial charge in [0.15, 0.2) is 17.4 Å². The summed E-state index contributed by atoms with van der Waals surface area (Å²) in [4.78, 5) is 25.0. The van der Waals surface area contributed by atoms with Crippen LogP contribution in [0.2, 0.25) is 0 Å². The number of rotatable bonds is 10. The van der Waals surface area contributed by atoms with Gasteiger partial charge in [-0.2, -0.15) is 13.2 Å². The van der Waals surface area contributed by atoms with Crippen LogP contribution in [0.3, 0.4) is 0 Å². The molecule has 2 aromatic carbocycles. The number of aromatic hydroxyl groups is 1. The topological polar surface area (TPSA) is 187 Å². The summed E-state index contributed by atoms with van der Waals surface area (Å²) in [6, 6.07) is 9.89. The van der Waals surface area contributed by atoms with E-state index in [1.807, 2.05) is 0 Å². The molecule has 0 radical (unpaired) electrons. The van der Waals surface area contributed by atoms with E-state index in [1.165, 1.54) is 38.6 Å². The monoisotopic (exact) mass is 646 g/mol. The maximum atomic E-state index is 14.4. The normalized spacial score (nSPS) is 11.6. The van der Waals surface area contributed by atoms with Crippen molar-refractivity contribution in [2.24, 2.45) is 0 Å². The lowest BCUT2D eigenvalue weighted by atomic mass is 9.98. The minimum atomic E-state index is -4.73. The van der Waals surface area contributed by atoms with Crippen molar-refractivity contribution in [1.29, 1.82) is 5.41 Å². The zero-order valence-electron chi connectivity index (χ0n) is 23.6. The molecule has 6 N–H and O–H groups in total. The number of carbonyl (C=O) groups is 1. The number of nitrogens with two attached hydrogens (primary N) is 1. The molecule has 0 spiro atoms. The summed E-state index contributed by atoms with van der Waals surface area (Å²) in [6.45, 7) is -0.318. The van der Waals surface area contributed by atoms with Crippen molar-refractivity contribution in [1.82, 2.24) is 20.3 Å². The highest BCUT2D eigenvalue weighted by Crippen LogP contribution is 2.36.